The van der Waals surface area contributed by atoms with E-state index in [0.29, 0.717) is 5.56 Å². The van der Waals surface area contributed by atoms with Gasteiger partial charge >= 0.3 is 0 Å². The molecule has 3 heteroatoms. The average molecular weight is 200 g/mol. The molecular formula is C12H12N2O. The maximum absolute atomic E-state index is 11.9. The number of carbonyl (C=O) groups excluding carboxylic acids is 1. The van der Waals surface area contributed by atoms with E-state index in [1.807, 2.05) is 44.2 Å². The van der Waals surface area contributed by atoms with E-state index in [-0.39, 0.29) is 5.91 Å². The van der Waals surface area contributed by atoms with Crippen LogP contribution in [0.2, 0.25) is 0 Å². The van der Waals surface area contributed by atoms with Crippen LogP contribution in [0.5, 0.6) is 0 Å². The number of benzene rings is 1. The van der Waals surface area contributed by atoms with E-state index in [2.05, 4.69) is 5.10 Å². The van der Waals surface area contributed by atoms with Crippen LogP contribution in [0.1, 0.15) is 21.6 Å². The van der Waals surface area contributed by atoms with E-state index in [1.54, 1.807) is 6.20 Å². The van der Waals surface area contributed by atoms with Crippen LogP contribution in [0.15, 0.2) is 36.5 Å². The molecule has 15 heavy (non-hydrogen) atoms. The van der Waals surface area contributed by atoms with Gasteiger partial charge in [0.15, 0.2) is 0 Å². The predicted octanol–water partition coefficient (Wildman–Crippen LogP) is 2.19. The first kappa shape index (κ1) is 9.65. The molecular weight excluding hydrogens is 188 g/mol. The molecule has 1 aromatic heterocycles. The Morgan fingerprint density at radius 1 is 1.13 bits per heavy atom. The Morgan fingerprint density at radius 3 is 2.33 bits per heavy atom. The van der Waals surface area contributed by atoms with Gasteiger partial charge in [-0.05, 0) is 32.0 Å². The summed E-state index contributed by atoms with van der Waals surface area (Å²) in [5, 5.41) is 4.08. The fraction of sp³-hybridized carbons (Fsp3) is 0.167. The number of nitrogens with zero attached hydrogens (tertiary/aromatic N) is 2. The number of hydrogen-bond acceptors (Lipinski definition) is 2. The smallest absolute Gasteiger partial charge is 0.267 e. The van der Waals surface area contributed by atoms with Gasteiger partial charge in [-0.25, -0.2) is 4.68 Å². The number of aryl methyl sites for hydroxylation is 2. The Morgan fingerprint density at radius 2 is 1.80 bits per heavy atom. The fourth-order valence-electron chi connectivity index (χ4n) is 1.36. The number of aromatic nitrogens is 2. The van der Waals surface area contributed by atoms with Crippen LogP contribution in [0, 0.1) is 13.8 Å². The van der Waals surface area contributed by atoms with Crippen LogP contribution in [-0.2, 0) is 0 Å². The first-order chi connectivity index (χ1) is 7.16. The topological polar surface area (TPSA) is 34.9 Å². The van der Waals surface area contributed by atoms with Gasteiger partial charge in [0.05, 0.1) is 5.69 Å². The zero-order chi connectivity index (χ0) is 10.8. The van der Waals surface area contributed by atoms with Crippen LogP contribution in [0.4, 0.5) is 0 Å². The fourth-order valence-corrected chi connectivity index (χ4v) is 1.36. The predicted molar refractivity (Wildman–Crippen MR) is 57.9 cm³/mol. The maximum atomic E-state index is 11.9. The number of hydrogen-bond donors (Lipinski definition) is 0. The normalized spacial score (nSPS) is 10.3. The van der Waals surface area contributed by atoms with Gasteiger partial charge in [0.25, 0.3) is 5.91 Å². The molecule has 76 valence electrons. The Balaban J connectivity index is 2.32. The highest BCUT2D eigenvalue weighted by atomic mass is 16.2. The van der Waals surface area contributed by atoms with Crippen molar-refractivity contribution in [3.8, 4) is 0 Å². The van der Waals surface area contributed by atoms with Crippen molar-refractivity contribution in [2.24, 2.45) is 0 Å². The minimum Gasteiger partial charge on any atom is -0.267 e. The zero-order valence-electron chi connectivity index (χ0n) is 8.77. The monoisotopic (exact) mass is 200 g/mol. The molecule has 3 nitrogen and oxygen atoms in total. The molecule has 0 saturated heterocycles. The quantitative estimate of drug-likeness (QED) is 0.707. The summed E-state index contributed by atoms with van der Waals surface area (Å²) in [6, 6.07) is 9.28. The van der Waals surface area contributed by atoms with Gasteiger partial charge in [-0.2, -0.15) is 5.10 Å². The molecule has 0 aliphatic heterocycles. The van der Waals surface area contributed by atoms with Crippen LogP contribution in [0.25, 0.3) is 0 Å². The summed E-state index contributed by atoms with van der Waals surface area (Å²) in [6.07, 6.45) is 1.68. The first-order valence-electron chi connectivity index (χ1n) is 4.80. The van der Waals surface area contributed by atoms with Crippen molar-refractivity contribution < 1.29 is 4.79 Å². The van der Waals surface area contributed by atoms with Gasteiger partial charge in [0, 0.05) is 11.8 Å². The molecule has 0 N–H and O–H groups in total. The summed E-state index contributed by atoms with van der Waals surface area (Å²) in [6.45, 7) is 3.85. The third kappa shape index (κ3) is 1.96. The number of rotatable bonds is 1. The second-order valence-corrected chi connectivity index (χ2v) is 3.57. The molecule has 0 unspecified atom stereocenters. The van der Waals surface area contributed by atoms with E-state index >= 15 is 0 Å². The highest BCUT2D eigenvalue weighted by molar-refractivity contribution is 5.95. The molecule has 1 heterocycles. The van der Waals surface area contributed by atoms with Crippen molar-refractivity contribution in [3.63, 3.8) is 0 Å². The Kier molecular flexibility index (Phi) is 2.37. The van der Waals surface area contributed by atoms with E-state index in [4.69, 9.17) is 0 Å². The van der Waals surface area contributed by atoms with Crippen molar-refractivity contribution in [2.45, 2.75) is 13.8 Å². The van der Waals surface area contributed by atoms with Gasteiger partial charge < -0.3 is 0 Å². The van der Waals surface area contributed by atoms with Gasteiger partial charge in [-0.3, -0.25) is 4.79 Å². The molecule has 0 spiro atoms. The van der Waals surface area contributed by atoms with E-state index in [1.165, 1.54) is 4.68 Å². The summed E-state index contributed by atoms with van der Waals surface area (Å²) in [7, 11) is 0. The van der Waals surface area contributed by atoms with Gasteiger partial charge in [0.1, 0.15) is 0 Å². The summed E-state index contributed by atoms with van der Waals surface area (Å²) in [5.41, 5.74) is 2.64. The molecule has 0 aliphatic carbocycles. The van der Waals surface area contributed by atoms with E-state index in [9.17, 15) is 4.79 Å². The maximum Gasteiger partial charge on any atom is 0.278 e. The summed E-state index contributed by atoms with van der Waals surface area (Å²) in [4.78, 5) is 11.9. The standard InChI is InChI=1S/C12H12N2O/c1-9-3-5-11(6-4-9)12(15)14-8-7-10(2)13-14/h3-8H,1-2H3. The summed E-state index contributed by atoms with van der Waals surface area (Å²) < 4.78 is 1.36. The lowest BCUT2D eigenvalue weighted by atomic mass is 10.1. The molecule has 0 atom stereocenters. The van der Waals surface area contributed by atoms with Crippen molar-refractivity contribution in [1.82, 2.24) is 9.78 Å². The van der Waals surface area contributed by atoms with E-state index < -0.39 is 0 Å². The van der Waals surface area contributed by atoms with Crippen LogP contribution >= 0.6 is 0 Å². The lowest BCUT2D eigenvalue weighted by molar-refractivity contribution is 0.0944. The van der Waals surface area contributed by atoms with Crippen molar-refractivity contribution in [1.29, 1.82) is 0 Å². The third-order valence-corrected chi connectivity index (χ3v) is 2.23. The molecule has 1 aromatic carbocycles. The lowest BCUT2D eigenvalue weighted by Crippen LogP contribution is -2.12. The van der Waals surface area contributed by atoms with Gasteiger partial charge in [-0.1, -0.05) is 17.7 Å². The zero-order valence-corrected chi connectivity index (χ0v) is 8.77. The second kappa shape index (κ2) is 3.69. The summed E-state index contributed by atoms with van der Waals surface area (Å²) >= 11 is 0. The van der Waals surface area contributed by atoms with Crippen LogP contribution < -0.4 is 0 Å². The molecule has 0 radical (unpaired) electrons. The SMILES string of the molecule is Cc1ccc(C(=O)n2ccc(C)n2)cc1. The Hall–Kier alpha value is -1.90. The molecule has 0 aliphatic rings. The third-order valence-electron chi connectivity index (χ3n) is 2.23. The molecule has 2 aromatic rings. The molecule has 0 amide bonds. The Labute approximate surface area is 88.4 Å². The summed E-state index contributed by atoms with van der Waals surface area (Å²) in [5.74, 6) is -0.0944. The molecule has 0 fully saturated rings. The highest BCUT2D eigenvalue weighted by Gasteiger charge is 2.08. The van der Waals surface area contributed by atoms with Crippen LogP contribution in [-0.4, -0.2) is 15.7 Å². The average Bonchev–Trinajstić information content (AvgIpc) is 2.65. The van der Waals surface area contributed by atoms with Gasteiger partial charge in [0.2, 0.25) is 0 Å². The van der Waals surface area contributed by atoms with Crippen molar-refractivity contribution in [3.05, 3.63) is 53.3 Å². The highest BCUT2D eigenvalue weighted by Crippen LogP contribution is 2.05. The van der Waals surface area contributed by atoms with Crippen molar-refractivity contribution >= 4 is 5.91 Å². The largest absolute Gasteiger partial charge is 0.278 e. The van der Waals surface area contributed by atoms with E-state index in [0.717, 1.165) is 11.3 Å². The van der Waals surface area contributed by atoms with Gasteiger partial charge in [-0.15, -0.1) is 0 Å². The molecule has 0 saturated carbocycles. The minimum absolute atomic E-state index is 0.0944. The number of carbonyl (C=O) groups is 1. The molecule has 2 rings (SSSR count). The second-order valence-electron chi connectivity index (χ2n) is 3.57. The van der Waals surface area contributed by atoms with Crippen LogP contribution in [0.3, 0.4) is 0 Å². The minimum atomic E-state index is -0.0944. The first-order valence-corrected chi connectivity index (χ1v) is 4.80. The molecule has 0 bridgehead atoms. The lowest BCUT2D eigenvalue weighted by Gasteiger charge is -2.00. The Bertz CT molecular complexity index is 483. The van der Waals surface area contributed by atoms with Crippen molar-refractivity contribution in [2.75, 3.05) is 0 Å².